The van der Waals surface area contributed by atoms with Crippen molar-refractivity contribution in [3.8, 4) is 11.8 Å². The Balaban J connectivity index is 1.71. The Hall–Kier alpha value is -4.49. The number of nitrogens with zero attached hydrogens (tertiary/aromatic N) is 3. The van der Waals surface area contributed by atoms with Crippen molar-refractivity contribution in [3.63, 3.8) is 0 Å². The lowest BCUT2D eigenvalue weighted by molar-refractivity contribution is -0.141. The van der Waals surface area contributed by atoms with Crippen LogP contribution in [0.3, 0.4) is 0 Å². The van der Waals surface area contributed by atoms with E-state index in [-0.39, 0.29) is 22.5 Å². The highest BCUT2D eigenvalue weighted by Crippen LogP contribution is 2.31. The molecule has 0 radical (unpaired) electrons. The maximum atomic E-state index is 15.2. The van der Waals surface area contributed by atoms with E-state index in [0.717, 1.165) is 4.68 Å². The largest absolute Gasteiger partial charge is 0.435 e. The summed E-state index contributed by atoms with van der Waals surface area (Å²) in [6, 6.07) is 20.1. The van der Waals surface area contributed by atoms with Gasteiger partial charge in [0.15, 0.2) is 11.5 Å². The molecule has 0 aliphatic heterocycles. The SMILES string of the molecule is N#Cc1cccc(-n2nc(C(F)(F)F)cc2C(=O)Nc2cccc(C(O)c3ccccc3)c2F)c1. The van der Waals surface area contributed by atoms with Crippen LogP contribution in [-0.2, 0) is 6.18 Å². The smallest absolute Gasteiger partial charge is 0.384 e. The van der Waals surface area contributed by atoms with Crippen molar-refractivity contribution in [2.45, 2.75) is 12.3 Å². The first kappa shape index (κ1) is 23.7. The Morgan fingerprint density at radius 3 is 2.43 bits per heavy atom. The van der Waals surface area contributed by atoms with Crippen LogP contribution in [0.25, 0.3) is 5.69 Å². The molecule has 35 heavy (non-hydrogen) atoms. The van der Waals surface area contributed by atoms with Crippen molar-refractivity contribution >= 4 is 11.6 Å². The Labute approximate surface area is 196 Å². The number of rotatable bonds is 5. The van der Waals surface area contributed by atoms with Gasteiger partial charge in [-0.15, -0.1) is 0 Å². The summed E-state index contributed by atoms with van der Waals surface area (Å²) in [5.74, 6) is -2.01. The van der Waals surface area contributed by atoms with Crippen LogP contribution in [0, 0.1) is 17.1 Å². The van der Waals surface area contributed by atoms with E-state index in [1.807, 2.05) is 6.07 Å². The highest BCUT2D eigenvalue weighted by molar-refractivity contribution is 6.03. The number of nitriles is 1. The van der Waals surface area contributed by atoms with Crippen LogP contribution in [0.4, 0.5) is 23.2 Å². The summed E-state index contributed by atoms with van der Waals surface area (Å²) >= 11 is 0. The molecule has 0 bridgehead atoms. The highest BCUT2D eigenvalue weighted by atomic mass is 19.4. The number of amides is 1. The molecular formula is C25H16F4N4O2. The van der Waals surface area contributed by atoms with Crippen molar-refractivity contribution < 1.29 is 27.5 Å². The van der Waals surface area contributed by atoms with Gasteiger partial charge < -0.3 is 10.4 Å². The summed E-state index contributed by atoms with van der Waals surface area (Å²) in [4.78, 5) is 13.0. The third-order valence-corrected chi connectivity index (χ3v) is 5.14. The molecule has 0 fully saturated rings. The highest BCUT2D eigenvalue weighted by Gasteiger charge is 2.36. The molecule has 1 amide bonds. The lowest BCUT2D eigenvalue weighted by atomic mass is 10.0. The number of alkyl halides is 3. The van der Waals surface area contributed by atoms with E-state index in [1.165, 1.54) is 42.5 Å². The first-order valence-corrected chi connectivity index (χ1v) is 10.2. The molecule has 1 heterocycles. The average molecular weight is 480 g/mol. The monoisotopic (exact) mass is 480 g/mol. The molecule has 1 unspecified atom stereocenters. The van der Waals surface area contributed by atoms with Crippen LogP contribution in [-0.4, -0.2) is 20.8 Å². The van der Waals surface area contributed by atoms with Crippen LogP contribution in [0.1, 0.15) is 39.0 Å². The fourth-order valence-corrected chi connectivity index (χ4v) is 3.44. The van der Waals surface area contributed by atoms with Crippen LogP contribution < -0.4 is 5.32 Å². The number of benzene rings is 3. The molecule has 0 aliphatic carbocycles. The van der Waals surface area contributed by atoms with Gasteiger partial charge in [-0.1, -0.05) is 48.5 Å². The van der Waals surface area contributed by atoms with Gasteiger partial charge in [0, 0.05) is 11.6 Å². The van der Waals surface area contributed by atoms with E-state index in [1.54, 1.807) is 30.3 Å². The lowest BCUT2D eigenvalue weighted by Crippen LogP contribution is -2.18. The van der Waals surface area contributed by atoms with Gasteiger partial charge in [0.2, 0.25) is 0 Å². The minimum Gasteiger partial charge on any atom is -0.384 e. The van der Waals surface area contributed by atoms with Crippen LogP contribution in [0.15, 0.2) is 78.9 Å². The molecule has 3 aromatic carbocycles. The Morgan fingerprint density at radius 2 is 1.74 bits per heavy atom. The number of nitrogens with one attached hydrogen (secondary N) is 1. The number of aromatic nitrogens is 2. The third kappa shape index (κ3) is 4.90. The predicted molar refractivity (Wildman–Crippen MR) is 118 cm³/mol. The fourth-order valence-electron chi connectivity index (χ4n) is 3.44. The predicted octanol–water partition coefficient (Wildman–Crippen LogP) is 5.24. The van der Waals surface area contributed by atoms with Crippen molar-refractivity contribution in [3.05, 3.63) is 113 Å². The van der Waals surface area contributed by atoms with Gasteiger partial charge in [0.25, 0.3) is 5.91 Å². The summed E-state index contributed by atoms with van der Waals surface area (Å²) in [7, 11) is 0. The van der Waals surface area contributed by atoms with Crippen molar-refractivity contribution in [1.82, 2.24) is 9.78 Å². The van der Waals surface area contributed by atoms with E-state index >= 15 is 4.39 Å². The average Bonchev–Trinajstić information content (AvgIpc) is 3.32. The Bertz CT molecular complexity index is 1430. The minimum atomic E-state index is -4.85. The van der Waals surface area contributed by atoms with Gasteiger partial charge in [0.1, 0.15) is 11.8 Å². The topological polar surface area (TPSA) is 90.9 Å². The Kier molecular flexibility index (Phi) is 6.36. The summed E-state index contributed by atoms with van der Waals surface area (Å²) in [6.07, 6.45) is -6.18. The lowest BCUT2D eigenvalue weighted by Gasteiger charge is -2.15. The fraction of sp³-hybridized carbons (Fsp3) is 0.0800. The zero-order chi connectivity index (χ0) is 25.2. The second-order valence-corrected chi connectivity index (χ2v) is 7.46. The summed E-state index contributed by atoms with van der Waals surface area (Å²) < 4.78 is 56.0. The number of aliphatic hydroxyl groups is 1. The number of carbonyl (C=O) groups is 1. The number of carbonyl (C=O) groups excluding carboxylic acids is 1. The summed E-state index contributed by atoms with van der Waals surface area (Å²) in [5.41, 5.74) is -1.72. The molecule has 1 aromatic heterocycles. The molecule has 176 valence electrons. The van der Waals surface area contributed by atoms with Gasteiger partial charge in [-0.2, -0.15) is 23.5 Å². The zero-order valence-corrected chi connectivity index (χ0v) is 17.8. The molecule has 6 nitrogen and oxygen atoms in total. The second-order valence-electron chi connectivity index (χ2n) is 7.46. The van der Waals surface area contributed by atoms with Gasteiger partial charge >= 0.3 is 6.18 Å². The molecule has 2 N–H and O–H groups in total. The Morgan fingerprint density at radius 1 is 1.03 bits per heavy atom. The number of aliphatic hydroxyl groups excluding tert-OH is 1. The summed E-state index contributed by atoms with van der Waals surface area (Å²) in [5, 5.41) is 25.4. The van der Waals surface area contributed by atoms with E-state index < -0.39 is 35.4 Å². The normalized spacial score (nSPS) is 12.1. The molecule has 4 aromatic rings. The molecule has 0 spiro atoms. The van der Waals surface area contributed by atoms with Crippen LogP contribution in [0.5, 0.6) is 0 Å². The molecule has 1 atom stereocenters. The number of hydrogen-bond donors (Lipinski definition) is 2. The number of anilines is 1. The van der Waals surface area contributed by atoms with Crippen molar-refractivity contribution in [2.75, 3.05) is 5.32 Å². The van der Waals surface area contributed by atoms with Gasteiger partial charge in [-0.3, -0.25) is 4.79 Å². The van der Waals surface area contributed by atoms with Crippen LogP contribution in [0.2, 0.25) is 0 Å². The van der Waals surface area contributed by atoms with Crippen LogP contribution >= 0.6 is 0 Å². The zero-order valence-electron chi connectivity index (χ0n) is 17.8. The van der Waals surface area contributed by atoms with E-state index in [9.17, 15) is 23.1 Å². The maximum Gasteiger partial charge on any atom is 0.435 e. The summed E-state index contributed by atoms with van der Waals surface area (Å²) in [6.45, 7) is 0. The standard InChI is InChI=1S/C25H16F4N4O2/c26-22-18(23(34)16-7-2-1-3-8-16)10-5-11-19(22)31-24(35)20-13-21(25(27,28)29)32-33(20)17-9-4-6-15(12-17)14-30/h1-13,23,34H,(H,31,35). The first-order valence-electron chi connectivity index (χ1n) is 10.2. The van der Waals surface area contributed by atoms with Gasteiger partial charge in [-0.05, 0) is 29.8 Å². The van der Waals surface area contributed by atoms with Crippen molar-refractivity contribution in [1.29, 1.82) is 5.26 Å². The molecule has 0 saturated heterocycles. The molecular weight excluding hydrogens is 464 g/mol. The molecule has 0 aliphatic rings. The molecule has 10 heteroatoms. The third-order valence-electron chi connectivity index (χ3n) is 5.14. The van der Waals surface area contributed by atoms with E-state index in [0.29, 0.717) is 11.6 Å². The molecule has 0 saturated carbocycles. The van der Waals surface area contributed by atoms with Gasteiger partial charge in [-0.25, -0.2) is 9.07 Å². The molecule has 4 rings (SSSR count). The quantitative estimate of drug-likeness (QED) is 0.383. The maximum absolute atomic E-state index is 15.2. The van der Waals surface area contributed by atoms with E-state index in [4.69, 9.17) is 5.26 Å². The first-order chi connectivity index (χ1) is 16.7. The minimum absolute atomic E-state index is 0.0402. The van der Waals surface area contributed by atoms with Gasteiger partial charge in [0.05, 0.1) is 23.0 Å². The number of halogens is 4. The second kappa shape index (κ2) is 9.40. The number of hydrogen-bond acceptors (Lipinski definition) is 4. The van der Waals surface area contributed by atoms with E-state index in [2.05, 4.69) is 10.4 Å². The van der Waals surface area contributed by atoms with Crippen molar-refractivity contribution in [2.24, 2.45) is 0 Å².